The highest BCUT2D eigenvalue weighted by molar-refractivity contribution is 5.65. The van der Waals surface area contributed by atoms with E-state index in [0.29, 0.717) is 22.5 Å². The van der Waals surface area contributed by atoms with Crippen molar-refractivity contribution in [1.29, 1.82) is 5.26 Å². The van der Waals surface area contributed by atoms with Gasteiger partial charge in [-0.15, -0.1) is 0 Å². The maximum atomic E-state index is 12.7. The molecule has 0 aliphatic heterocycles. The zero-order valence-corrected chi connectivity index (χ0v) is 11.5. The number of rotatable bonds is 2. The summed E-state index contributed by atoms with van der Waals surface area (Å²) in [5.41, 5.74) is 2.38. The van der Waals surface area contributed by atoms with E-state index in [2.05, 4.69) is 11.4 Å². The van der Waals surface area contributed by atoms with Crippen molar-refractivity contribution in [3.05, 3.63) is 58.7 Å². The summed E-state index contributed by atoms with van der Waals surface area (Å²) in [4.78, 5) is 0. The summed E-state index contributed by atoms with van der Waals surface area (Å²) >= 11 is 0. The van der Waals surface area contributed by atoms with Crippen LogP contribution in [0.3, 0.4) is 0 Å². The third kappa shape index (κ3) is 3.34. The third-order valence-corrected chi connectivity index (χ3v) is 3.19. The molecule has 1 N–H and O–H groups in total. The van der Waals surface area contributed by atoms with E-state index in [1.807, 2.05) is 0 Å². The summed E-state index contributed by atoms with van der Waals surface area (Å²) in [7, 11) is 0. The molecule has 0 heterocycles. The number of hydrogen-bond donors (Lipinski definition) is 1. The van der Waals surface area contributed by atoms with E-state index in [1.54, 1.807) is 32.0 Å². The Labute approximate surface area is 120 Å². The van der Waals surface area contributed by atoms with Gasteiger partial charge in [0.05, 0.1) is 17.2 Å². The zero-order chi connectivity index (χ0) is 15.6. The van der Waals surface area contributed by atoms with Crippen molar-refractivity contribution in [1.82, 2.24) is 0 Å². The van der Waals surface area contributed by atoms with Gasteiger partial charge in [0.25, 0.3) is 0 Å². The first-order valence-electron chi connectivity index (χ1n) is 6.27. The molecule has 0 aliphatic rings. The molecular formula is C16H13F3N2. The van der Waals surface area contributed by atoms with E-state index in [9.17, 15) is 13.2 Å². The van der Waals surface area contributed by atoms with Crippen LogP contribution in [0.15, 0.2) is 36.4 Å². The molecule has 5 heteroatoms. The van der Waals surface area contributed by atoms with Gasteiger partial charge >= 0.3 is 6.18 Å². The molecule has 0 aromatic heterocycles. The van der Waals surface area contributed by atoms with Crippen LogP contribution in [0.2, 0.25) is 0 Å². The Morgan fingerprint density at radius 3 is 2.29 bits per heavy atom. The number of alkyl halides is 3. The second kappa shape index (κ2) is 5.49. The molecule has 21 heavy (non-hydrogen) atoms. The Balaban J connectivity index is 2.35. The van der Waals surface area contributed by atoms with Crippen molar-refractivity contribution in [2.75, 3.05) is 5.32 Å². The highest BCUT2D eigenvalue weighted by Crippen LogP contribution is 2.33. The predicted molar refractivity (Wildman–Crippen MR) is 75.4 cm³/mol. The highest BCUT2D eigenvalue weighted by Gasteiger charge is 2.30. The van der Waals surface area contributed by atoms with Gasteiger partial charge in [0.2, 0.25) is 0 Å². The fourth-order valence-electron chi connectivity index (χ4n) is 1.96. The van der Waals surface area contributed by atoms with E-state index in [4.69, 9.17) is 5.26 Å². The second-order valence-corrected chi connectivity index (χ2v) is 4.79. The van der Waals surface area contributed by atoms with E-state index in [1.165, 1.54) is 6.07 Å². The number of anilines is 2. The zero-order valence-electron chi connectivity index (χ0n) is 11.5. The molecule has 0 fully saturated rings. The lowest BCUT2D eigenvalue weighted by atomic mass is 10.1. The number of nitriles is 1. The number of nitrogens with zero attached hydrogens (tertiary/aromatic N) is 1. The molecule has 0 unspecified atom stereocenters. The molecule has 0 amide bonds. The number of aryl methyl sites for hydroxylation is 2. The summed E-state index contributed by atoms with van der Waals surface area (Å²) in [6, 6.07) is 10.7. The van der Waals surface area contributed by atoms with Crippen LogP contribution in [0, 0.1) is 25.2 Å². The molecule has 0 bridgehead atoms. The average molecular weight is 290 g/mol. The first kappa shape index (κ1) is 14.9. The molecular weight excluding hydrogens is 277 g/mol. The molecule has 0 aliphatic carbocycles. The Hall–Kier alpha value is -2.48. The minimum atomic E-state index is -4.37. The first-order valence-corrected chi connectivity index (χ1v) is 6.27. The molecule has 0 radical (unpaired) electrons. The molecule has 2 rings (SSSR count). The van der Waals surface area contributed by atoms with Crippen LogP contribution >= 0.6 is 0 Å². The fraction of sp³-hybridized carbons (Fsp3) is 0.188. The van der Waals surface area contributed by atoms with Crippen LogP contribution < -0.4 is 5.32 Å². The molecule has 0 spiro atoms. The van der Waals surface area contributed by atoms with Gasteiger partial charge < -0.3 is 5.32 Å². The third-order valence-electron chi connectivity index (χ3n) is 3.19. The summed E-state index contributed by atoms with van der Waals surface area (Å²) in [6.45, 7) is 3.52. The van der Waals surface area contributed by atoms with Gasteiger partial charge in [0.15, 0.2) is 0 Å². The van der Waals surface area contributed by atoms with Crippen LogP contribution in [0.1, 0.15) is 22.3 Å². The summed E-state index contributed by atoms with van der Waals surface area (Å²) in [5, 5.41) is 11.8. The van der Waals surface area contributed by atoms with Gasteiger partial charge in [-0.3, -0.25) is 0 Å². The molecule has 2 nitrogen and oxygen atoms in total. The number of benzene rings is 2. The summed E-state index contributed by atoms with van der Waals surface area (Å²) in [5.74, 6) is 0. The van der Waals surface area contributed by atoms with Crippen molar-refractivity contribution < 1.29 is 13.2 Å². The van der Waals surface area contributed by atoms with Crippen LogP contribution in [0.5, 0.6) is 0 Å². The van der Waals surface area contributed by atoms with E-state index in [-0.39, 0.29) is 0 Å². The molecule has 0 atom stereocenters. The van der Waals surface area contributed by atoms with Crippen molar-refractivity contribution in [2.24, 2.45) is 0 Å². The largest absolute Gasteiger partial charge is 0.416 e. The minimum absolute atomic E-state index is 0.397. The number of halogens is 3. The second-order valence-electron chi connectivity index (χ2n) is 4.79. The van der Waals surface area contributed by atoms with Crippen molar-refractivity contribution in [2.45, 2.75) is 20.0 Å². The predicted octanol–water partition coefficient (Wildman–Crippen LogP) is 4.94. The Kier molecular flexibility index (Phi) is 3.90. The quantitative estimate of drug-likeness (QED) is 0.850. The number of hydrogen-bond acceptors (Lipinski definition) is 2. The smallest absolute Gasteiger partial charge is 0.355 e. The maximum Gasteiger partial charge on any atom is 0.416 e. The summed E-state index contributed by atoms with van der Waals surface area (Å²) in [6.07, 6.45) is -4.37. The Morgan fingerprint density at radius 1 is 1.00 bits per heavy atom. The number of nitrogens with one attached hydrogen (secondary N) is 1. The molecule has 2 aromatic rings. The lowest BCUT2D eigenvalue weighted by Crippen LogP contribution is -2.06. The van der Waals surface area contributed by atoms with Gasteiger partial charge in [-0.1, -0.05) is 6.07 Å². The van der Waals surface area contributed by atoms with Crippen LogP contribution in [-0.4, -0.2) is 0 Å². The molecule has 0 saturated heterocycles. The SMILES string of the molecule is Cc1cc(Nc2cc(C(F)(F)F)ccc2C)ccc1C#N. The van der Waals surface area contributed by atoms with E-state index in [0.717, 1.165) is 17.7 Å². The average Bonchev–Trinajstić information content (AvgIpc) is 2.40. The van der Waals surface area contributed by atoms with E-state index < -0.39 is 11.7 Å². The molecule has 108 valence electrons. The maximum absolute atomic E-state index is 12.7. The van der Waals surface area contributed by atoms with Crippen molar-refractivity contribution in [3.8, 4) is 6.07 Å². The monoisotopic (exact) mass is 290 g/mol. The Morgan fingerprint density at radius 2 is 1.71 bits per heavy atom. The van der Waals surface area contributed by atoms with Gasteiger partial charge in [0.1, 0.15) is 0 Å². The van der Waals surface area contributed by atoms with Crippen molar-refractivity contribution >= 4 is 11.4 Å². The van der Waals surface area contributed by atoms with Crippen molar-refractivity contribution in [3.63, 3.8) is 0 Å². The van der Waals surface area contributed by atoms with Crippen LogP contribution in [0.25, 0.3) is 0 Å². The summed E-state index contributed by atoms with van der Waals surface area (Å²) < 4.78 is 38.2. The van der Waals surface area contributed by atoms with Crippen LogP contribution in [0.4, 0.5) is 24.5 Å². The van der Waals surface area contributed by atoms with Crippen LogP contribution in [-0.2, 0) is 6.18 Å². The van der Waals surface area contributed by atoms with Gasteiger partial charge in [-0.05, 0) is 55.3 Å². The lowest BCUT2D eigenvalue weighted by molar-refractivity contribution is -0.137. The lowest BCUT2D eigenvalue weighted by Gasteiger charge is -2.14. The van der Waals surface area contributed by atoms with Gasteiger partial charge in [0, 0.05) is 11.4 Å². The standard InChI is InChI=1S/C16H13F3N2/c1-10-3-5-13(16(17,18)19)8-15(10)21-14-6-4-12(9-20)11(2)7-14/h3-8,21H,1-2H3. The Bertz CT molecular complexity index is 712. The highest BCUT2D eigenvalue weighted by atomic mass is 19.4. The van der Waals surface area contributed by atoms with Gasteiger partial charge in [-0.2, -0.15) is 18.4 Å². The fourth-order valence-corrected chi connectivity index (χ4v) is 1.96. The molecule has 0 saturated carbocycles. The van der Waals surface area contributed by atoms with Gasteiger partial charge in [-0.25, -0.2) is 0 Å². The molecule has 2 aromatic carbocycles. The van der Waals surface area contributed by atoms with E-state index >= 15 is 0 Å². The topological polar surface area (TPSA) is 35.8 Å². The minimum Gasteiger partial charge on any atom is -0.355 e. The normalized spacial score (nSPS) is 11.0. The first-order chi connectivity index (χ1) is 9.81.